The van der Waals surface area contributed by atoms with Gasteiger partial charge in [0.15, 0.2) is 5.78 Å². The van der Waals surface area contributed by atoms with E-state index in [4.69, 9.17) is 15.6 Å². The smallest absolute Gasteiger partial charge is 0.162 e. The van der Waals surface area contributed by atoms with E-state index < -0.39 is 5.54 Å². The van der Waals surface area contributed by atoms with Gasteiger partial charge in [-0.2, -0.15) is 0 Å². The second-order valence-electron chi connectivity index (χ2n) is 7.32. The highest BCUT2D eigenvalue weighted by Gasteiger charge is 2.18. The normalized spacial score (nSPS) is 13.3. The van der Waals surface area contributed by atoms with Crippen molar-refractivity contribution in [1.29, 1.82) is 0 Å². The number of aliphatic hydroxyl groups is 1. The minimum Gasteiger partial charge on any atom is -0.492 e. The maximum Gasteiger partial charge on any atom is 0.162 e. The fourth-order valence-electron chi connectivity index (χ4n) is 2.59. The summed E-state index contributed by atoms with van der Waals surface area (Å²) in [6, 6.07) is 13.6. The van der Waals surface area contributed by atoms with E-state index >= 15 is 0 Å². The molecule has 2 aromatic rings. The summed E-state index contributed by atoms with van der Waals surface area (Å²) in [4.78, 5) is 12.3. The first kappa shape index (κ1) is 20.1. The lowest BCUT2D eigenvalue weighted by molar-refractivity contribution is 0.0980. The Hall–Kier alpha value is -2.17. The lowest BCUT2D eigenvalue weighted by atomic mass is 10.00. The Morgan fingerprint density at radius 3 is 2.42 bits per heavy atom. The summed E-state index contributed by atoms with van der Waals surface area (Å²) >= 11 is 0. The Kier molecular flexibility index (Phi) is 6.95. The van der Waals surface area contributed by atoms with E-state index in [1.807, 2.05) is 0 Å². The van der Waals surface area contributed by atoms with E-state index in [1.165, 1.54) is 16.7 Å². The number of rotatable bonds is 9. The van der Waals surface area contributed by atoms with Crippen molar-refractivity contribution in [3.63, 3.8) is 0 Å². The van der Waals surface area contributed by atoms with Gasteiger partial charge in [0.1, 0.15) is 12.4 Å². The third-order valence-electron chi connectivity index (χ3n) is 4.55. The molecule has 0 spiro atoms. The van der Waals surface area contributed by atoms with Crippen LogP contribution in [0.2, 0.25) is 0 Å². The molecule has 4 nitrogen and oxygen atoms in total. The van der Waals surface area contributed by atoms with Gasteiger partial charge in [-0.05, 0) is 74.6 Å². The summed E-state index contributed by atoms with van der Waals surface area (Å²) in [6.07, 6.45) is 2.27. The Balaban J connectivity index is 1.82. The summed E-state index contributed by atoms with van der Waals surface area (Å²) in [7, 11) is 0. The average Bonchev–Trinajstić information content (AvgIpc) is 2.63. The van der Waals surface area contributed by atoms with Crippen LogP contribution in [0.25, 0.3) is 0 Å². The Morgan fingerprint density at radius 2 is 1.81 bits per heavy atom. The van der Waals surface area contributed by atoms with Crippen molar-refractivity contribution in [1.82, 2.24) is 0 Å². The van der Waals surface area contributed by atoms with Crippen molar-refractivity contribution in [2.45, 2.75) is 45.6 Å². The second kappa shape index (κ2) is 8.97. The first-order chi connectivity index (χ1) is 12.3. The molecule has 0 amide bonds. The highest BCUT2D eigenvalue weighted by atomic mass is 16.5. The molecular weight excluding hydrogens is 326 g/mol. The van der Waals surface area contributed by atoms with Crippen LogP contribution in [0.3, 0.4) is 0 Å². The number of aryl methyl sites for hydroxylation is 3. The van der Waals surface area contributed by atoms with E-state index in [1.54, 1.807) is 31.2 Å². The van der Waals surface area contributed by atoms with Gasteiger partial charge in [-0.15, -0.1) is 0 Å². The lowest BCUT2D eigenvalue weighted by Crippen LogP contribution is -2.45. The number of ether oxygens (including phenoxy) is 1. The molecule has 0 heterocycles. The topological polar surface area (TPSA) is 72.5 Å². The van der Waals surface area contributed by atoms with E-state index in [0.717, 1.165) is 12.8 Å². The third kappa shape index (κ3) is 5.97. The van der Waals surface area contributed by atoms with Crippen molar-refractivity contribution in [2.75, 3.05) is 13.2 Å². The maximum absolute atomic E-state index is 12.3. The molecule has 2 aromatic carbocycles. The fraction of sp³-hybridized carbons (Fsp3) is 0.409. The monoisotopic (exact) mass is 355 g/mol. The third-order valence-corrected chi connectivity index (χ3v) is 4.55. The molecule has 0 aliphatic carbocycles. The molecule has 0 aliphatic rings. The molecule has 0 fully saturated rings. The van der Waals surface area contributed by atoms with E-state index in [9.17, 15) is 4.79 Å². The zero-order valence-electron chi connectivity index (χ0n) is 15.9. The van der Waals surface area contributed by atoms with Gasteiger partial charge in [-0.1, -0.05) is 18.2 Å². The summed E-state index contributed by atoms with van der Waals surface area (Å²) in [6.45, 7) is 6.01. The predicted octanol–water partition coefficient (Wildman–Crippen LogP) is 3.60. The molecule has 2 rings (SSSR count). The largest absolute Gasteiger partial charge is 0.492 e. The molecule has 0 aromatic heterocycles. The zero-order valence-corrected chi connectivity index (χ0v) is 15.9. The van der Waals surface area contributed by atoms with Crippen LogP contribution >= 0.6 is 0 Å². The summed E-state index contributed by atoms with van der Waals surface area (Å²) in [5.74, 6) is 0.779. The average molecular weight is 355 g/mol. The van der Waals surface area contributed by atoms with Gasteiger partial charge in [0.05, 0.1) is 12.1 Å². The van der Waals surface area contributed by atoms with Crippen LogP contribution in [0.15, 0.2) is 42.5 Å². The molecule has 26 heavy (non-hydrogen) atoms. The van der Waals surface area contributed by atoms with E-state index in [-0.39, 0.29) is 19.0 Å². The van der Waals surface area contributed by atoms with Crippen molar-refractivity contribution in [2.24, 2.45) is 5.73 Å². The van der Waals surface area contributed by atoms with Crippen LogP contribution in [-0.2, 0) is 6.42 Å². The number of hydrogen-bond donors (Lipinski definition) is 2. The standard InChI is InChI=1S/C22H29NO3/c1-16-7-8-18(13-17(16)2)5-4-6-21(25)19-9-11-20(12-10-19)26-15-22(3,23)14-24/h7-13,24H,4-6,14-15,23H2,1-3H3. The van der Waals surface area contributed by atoms with E-state index in [0.29, 0.717) is 17.7 Å². The van der Waals surface area contributed by atoms with Crippen LogP contribution in [0.1, 0.15) is 46.8 Å². The van der Waals surface area contributed by atoms with Gasteiger partial charge in [0.2, 0.25) is 0 Å². The van der Waals surface area contributed by atoms with Crippen molar-refractivity contribution in [3.8, 4) is 5.75 Å². The van der Waals surface area contributed by atoms with Crippen molar-refractivity contribution in [3.05, 3.63) is 64.7 Å². The number of nitrogens with two attached hydrogens (primary N) is 1. The maximum atomic E-state index is 12.3. The minimum absolute atomic E-state index is 0.138. The predicted molar refractivity (Wildman–Crippen MR) is 105 cm³/mol. The summed E-state index contributed by atoms with van der Waals surface area (Å²) in [5, 5.41) is 9.13. The Bertz CT molecular complexity index is 736. The first-order valence-electron chi connectivity index (χ1n) is 9.03. The first-order valence-corrected chi connectivity index (χ1v) is 9.03. The molecule has 3 N–H and O–H groups in total. The van der Waals surface area contributed by atoms with Gasteiger partial charge in [-0.3, -0.25) is 4.79 Å². The number of carbonyl (C=O) groups is 1. The molecule has 140 valence electrons. The molecule has 0 aliphatic heterocycles. The molecule has 1 atom stereocenters. The van der Waals surface area contributed by atoms with Crippen molar-refractivity contribution < 1.29 is 14.6 Å². The molecule has 0 saturated carbocycles. The Morgan fingerprint density at radius 1 is 1.12 bits per heavy atom. The number of carbonyl (C=O) groups excluding carboxylic acids is 1. The minimum atomic E-state index is -0.775. The highest BCUT2D eigenvalue weighted by Crippen LogP contribution is 2.17. The van der Waals surface area contributed by atoms with Gasteiger partial charge in [0, 0.05) is 12.0 Å². The second-order valence-corrected chi connectivity index (χ2v) is 7.32. The van der Waals surface area contributed by atoms with Crippen LogP contribution in [0.4, 0.5) is 0 Å². The SMILES string of the molecule is Cc1ccc(CCCC(=O)c2ccc(OCC(C)(N)CO)cc2)cc1C. The molecule has 4 heteroatoms. The molecule has 0 radical (unpaired) electrons. The van der Waals surface area contributed by atoms with Gasteiger partial charge in [0.25, 0.3) is 0 Å². The number of hydrogen-bond acceptors (Lipinski definition) is 4. The lowest BCUT2D eigenvalue weighted by Gasteiger charge is -2.21. The Labute approximate surface area is 156 Å². The van der Waals surface area contributed by atoms with Crippen LogP contribution < -0.4 is 10.5 Å². The number of ketones is 1. The number of Topliss-reactive ketones (excluding diaryl/α,β-unsaturated/α-hetero) is 1. The zero-order chi connectivity index (χ0) is 19.2. The molecule has 0 bridgehead atoms. The molecular formula is C22H29NO3. The molecule has 1 unspecified atom stereocenters. The van der Waals surface area contributed by atoms with Gasteiger partial charge in [-0.25, -0.2) is 0 Å². The van der Waals surface area contributed by atoms with Crippen molar-refractivity contribution >= 4 is 5.78 Å². The fourth-order valence-corrected chi connectivity index (χ4v) is 2.59. The number of benzene rings is 2. The van der Waals surface area contributed by atoms with Gasteiger partial charge < -0.3 is 15.6 Å². The highest BCUT2D eigenvalue weighted by molar-refractivity contribution is 5.96. The van der Waals surface area contributed by atoms with Crippen LogP contribution in [0.5, 0.6) is 5.75 Å². The molecule has 0 saturated heterocycles. The number of aliphatic hydroxyl groups excluding tert-OH is 1. The van der Waals surface area contributed by atoms with Crippen LogP contribution in [0, 0.1) is 13.8 Å². The summed E-state index contributed by atoms with van der Waals surface area (Å²) in [5.41, 5.74) is 9.61. The summed E-state index contributed by atoms with van der Waals surface area (Å²) < 4.78 is 5.56. The van der Waals surface area contributed by atoms with Crippen LogP contribution in [-0.4, -0.2) is 29.6 Å². The van der Waals surface area contributed by atoms with E-state index in [2.05, 4.69) is 32.0 Å². The quantitative estimate of drug-likeness (QED) is 0.674. The van der Waals surface area contributed by atoms with Gasteiger partial charge >= 0.3 is 0 Å².